The second kappa shape index (κ2) is 7.75. The number of nitrogens with one attached hydrogen (secondary N) is 1. The van der Waals surface area contributed by atoms with Gasteiger partial charge in [-0.15, -0.1) is 0 Å². The third kappa shape index (κ3) is 3.82. The fraction of sp³-hybridized carbons (Fsp3) is 0.174. The Balaban J connectivity index is 1.81. The molecule has 0 aliphatic rings. The van der Waals surface area contributed by atoms with Crippen molar-refractivity contribution in [2.24, 2.45) is 0 Å². The predicted octanol–water partition coefficient (Wildman–Crippen LogP) is 4.20. The van der Waals surface area contributed by atoms with Crippen molar-refractivity contribution in [3.8, 4) is 22.8 Å². The van der Waals surface area contributed by atoms with E-state index in [-0.39, 0.29) is 11.9 Å². The van der Waals surface area contributed by atoms with E-state index in [1.807, 2.05) is 57.2 Å². The molecule has 29 heavy (non-hydrogen) atoms. The highest BCUT2D eigenvalue weighted by atomic mass is 16.1. The van der Waals surface area contributed by atoms with E-state index in [9.17, 15) is 4.79 Å². The largest absolute Gasteiger partial charge is 0.350 e. The van der Waals surface area contributed by atoms with Gasteiger partial charge in [0.15, 0.2) is 5.82 Å². The summed E-state index contributed by atoms with van der Waals surface area (Å²) in [5.41, 5.74) is 4.51. The van der Waals surface area contributed by atoms with E-state index in [1.54, 1.807) is 24.7 Å². The minimum absolute atomic E-state index is 0.0416. The van der Waals surface area contributed by atoms with Crippen LogP contribution in [0.15, 0.2) is 61.1 Å². The number of para-hydroxylation sites is 1. The van der Waals surface area contributed by atoms with Gasteiger partial charge in [-0.25, -0.2) is 15.0 Å². The van der Waals surface area contributed by atoms with Crippen molar-refractivity contribution in [2.75, 3.05) is 0 Å². The number of hydrogen-bond donors (Lipinski definition) is 1. The van der Waals surface area contributed by atoms with Crippen LogP contribution in [0.25, 0.3) is 33.7 Å². The lowest BCUT2D eigenvalue weighted by atomic mass is 10.0. The molecule has 4 rings (SSSR count). The van der Waals surface area contributed by atoms with E-state index in [2.05, 4.69) is 20.3 Å². The topological polar surface area (TPSA) is 80.7 Å². The molecule has 6 nitrogen and oxygen atoms in total. The van der Waals surface area contributed by atoms with Gasteiger partial charge < -0.3 is 5.32 Å². The zero-order valence-electron chi connectivity index (χ0n) is 16.5. The molecule has 0 aliphatic heterocycles. The number of aryl methyl sites for hydroxylation is 1. The molecule has 144 valence electrons. The molecule has 3 heterocycles. The molecule has 6 heteroatoms. The number of rotatable bonds is 4. The Morgan fingerprint density at radius 1 is 0.966 bits per heavy atom. The number of amides is 1. The summed E-state index contributed by atoms with van der Waals surface area (Å²) in [4.78, 5) is 30.8. The Labute approximate surface area is 169 Å². The number of pyridine rings is 2. The molecule has 0 aliphatic carbocycles. The average molecular weight is 383 g/mol. The second-order valence-corrected chi connectivity index (χ2v) is 7.16. The van der Waals surface area contributed by atoms with Crippen molar-refractivity contribution in [1.29, 1.82) is 0 Å². The van der Waals surface area contributed by atoms with Crippen LogP contribution in [-0.4, -0.2) is 31.9 Å². The van der Waals surface area contributed by atoms with Crippen molar-refractivity contribution in [3.05, 3.63) is 72.2 Å². The van der Waals surface area contributed by atoms with Crippen molar-refractivity contribution in [3.63, 3.8) is 0 Å². The van der Waals surface area contributed by atoms with Crippen LogP contribution in [0.1, 0.15) is 29.8 Å². The minimum Gasteiger partial charge on any atom is -0.350 e. The summed E-state index contributed by atoms with van der Waals surface area (Å²) in [5.74, 6) is 0.425. The molecule has 0 radical (unpaired) electrons. The number of benzene rings is 1. The zero-order valence-corrected chi connectivity index (χ0v) is 16.5. The highest BCUT2D eigenvalue weighted by Crippen LogP contribution is 2.27. The third-order valence-electron chi connectivity index (χ3n) is 4.55. The monoisotopic (exact) mass is 383 g/mol. The first kappa shape index (κ1) is 18.7. The number of aromatic nitrogens is 4. The molecular weight excluding hydrogens is 362 g/mol. The fourth-order valence-corrected chi connectivity index (χ4v) is 3.16. The molecule has 4 aromatic rings. The molecule has 0 atom stereocenters. The van der Waals surface area contributed by atoms with Gasteiger partial charge in [0, 0.05) is 35.6 Å². The lowest BCUT2D eigenvalue weighted by Gasteiger charge is -2.13. The van der Waals surface area contributed by atoms with Crippen LogP contribution < -0.4 is 5.32 Å². The third-order valence-corrected chi connectivity index (χ3v) is 4.55. The van der Waals surface area contributed by atoms with E-state index in [1.165, 1.54) is 0 Å². The summed E-state index contributed by atoms with van der Waals surface area (Å²) in [6.07, 6.45) is 5.14. The number of hydrogen-bond acceptors (Lipinski definition) is 5. The normalized spacial score (nSPS) is 11.0. The SMILES string of the molecule is Cc1cccc2c(C(=O)NC(C)C)cc(-c3cnc(-c4ccccn4)nc3)nc12. The standard InChI is InChI=1S/C23H21N5O/c1-14(2)27-23(29)18-11-20(28-21-15(3)7-6-8-17(18)21)16-12-25-22(26-13-16)19-9-4-5-10-24-19/h4-14H,1-3H3,(H,27,29). The van der Waals surface area contributed by atoms with Crippen molar-refractivity contribution >= 4 is 16.8 Å². The maximum atomic E-state index is 12.8. The zero-order chi connectivity index (χ0) is 20.4. The summed E-state index contributed by atoms with van der Waals surface area (Å²) in [6.45, 7) is 5.87. The summed E-state index contributed by atoms with van der Waals surface area (Å²) in [6, 6.07) is 13.3. The van der Waals surface area contributed by atoms with Crippen molar-refractivity contribution in [2.45, 2.75) is 26.8 Å². The van der Waals surface area contributed by atoms with E-state index in [4.69, 9.17) is 4.98 Å². The van der Waals surface area contributed by atoms with Crippen LogP contribution in [0.4, 0.5) is 0 Å². The van der Waals surface area contributed by atoms with Gasteiger partial charge in [-0.3, -0.25) is 9.78 Å². The summed E-state index contributed by atoms with van der Waals surface area (Å²) >= 11 is 0. The molecule has 0 saturated heterocycles. The lowest BCUT2D eigenvalue weighted by Crippen LogP contribution is -2.30. The van der Waals surface area contributed by atoms with Gasteiger partial charge in [-0.1, -0.05) is 24.3 Å². The Kier molecular flexibility index (Phi) is 4.99. The molecule has 3 aromatic heterocycles. The summed E-state index contributed by atoms with van der Waals surface area (Å²) in [5, 5.41) is 3.81. The van der Waals surface area contributed by atoms with Crippen LogP contribution in [0, 0.1) is 6.92 Å². The molecule has 0 fully saturated rings. The first-order valence-electron chi connectivity index (χ1n) is 9.48. The molecule has 1 aromatic carbocycles. The number of nitrogens with zero attached hydrogens (tertiary/aromatic N) is 4. The van der Waals surface area contributed by atoms with E-state index in [0.29, 0.717) is 22.8 Å². The van der Waals surface area contributed by atoms with Gasteiger partial charge in [0.25, 0.3) is 5.91 Å². The number of fused-ring (bicyclic) bond motifs is 1. The van der Waals surface area contributed by atoms with E-state index in [0.717, 1.165) is 22.0 Å². The second-order valence-electron chi connectivity index (χ2n) is 7.16. The maximum Gasteiger partial charge on any atom is 0.252 e. The fourth-order valence-electron chi connectivity index (χ4n) is 3.16. The van der Waals surface area contributed by atoms with Crippen LogP contribution in [0.5, 0.6) is 0 Å². The van der Waals surface area contributed by atoms with Gasteiger partial charge in [-0.2, -0.15) is 0 Å². The van der Waals surface area contributed by atoms with Crippen LogP contribution in [0.3, 0.4) is 0 Å². The Hall–Kier alpha value is -3.67. The Bertz CT molecular complexity index is 1170. The van der Waals surface area contributed by atoms with Crippen LogP contribution in [-0.2, 0) is 0 Å². The van der Waals surface area contributed by atoms with Crippen molar-refractivity contribution in [1.82, 2.24) is 25.3 Å². The predicted molar refractivity (Wildman–Crippen MR) is 113 cm³/mol. The molecule has 0 bridgehead atoms. The average Bonchev–Trinajstić information content (AvgIpc) is 2.74. The molecule has 0 saturated carbocycles. The molecule has 1 N–H and O–H groups in total. The smallest absolute Gasteiger partial charge is 0.252 e. The van der Waals surface area contributed by atoms with Gasteiger partial charge in [-0.05, 0) is 44.5 Å². The highest BCUT2D eigenvalue weighted by Gasteiger charge is 2.16. The van der Waals surface area contributed by atoms with Gasteiger partial charge in [0.1, 0.15) is 5.69 Å². The molecule has 1 amide bonds. The number of carbonyl (C=O) groups is 1. The van der Waals surface area contributed by atoms with Gasteiger partial charge in [0.05, 0.1) is 16.8 Å². The minimum atomic E-state index is -0.120. The Morgan fingerprint density at radius 3 is 2.45 bits per heavy atom. The van der Waals surface area contributed by atoms with Gasteiger partial charge in [0.2, 0.25) is 0 Å². The first-order chi connectivity index (χ1) is 14.0. The highest BCUT2D eigenvalue weighted by molar-refractivity contribution is 6.07. The van der Waals surface area contributed by atoms with Crippen LogP contribution in [0.2, 0.25) is 0 Å². The lowest BCUT2D eigenvalue weighted by molar-refractivity contribution is 0.0945. The van der Waals surface area contributed by atoms with E-state index >= 15 is 0 Å². The number of carbonyl (C=O) groups excluding carboxylic acids is 1. The Morgan fingerprint density at radius 2 is 1.76 bits per heavy atom. The van der Waals surface area contributed by atoms with Gasteiger partial charge >= 0.3 is 0 Å². The summed E-state index contributed by atoms with van der Waals surface area (Å²) in [7, 11) is 0. The molecule has 0 spiro atoms. The molecular formula is C23H21N5O. The molecule has 0 unspecified atom stereocenters. The van der Waals surface area contributed by atoms with Crippen LogP contribution >= 0.6 is 0 Å². The first-order valence-corrected chi connectivity index (χ1v) is 9.48. The maximum absolute atomic E-state index is 12.8. The van der Waals surface area contributed by atoms with E-state index < -0.39 is 0 Å². The van der Waals surface area contributed by atoms with Crippen molar-refractivity contribution < 1.29 is 4.79 Å². The summed E-state index contributed by atoms with van der Waals surface area (Å²) < 4.78 is 0. The quantitative estimate of drug-likeness (QED) is 0.571.